The van der Waals surface area contributed by atoms with Crippen molar-refractivity contribution in [2.45, 2.75) is 72.1 Å². The summed E-state index contributed by atoms with van der Waals surface area (Å²) in [7, 11) is 0. The number of aryl methyl sites for hydroxylation is 1. The number of aliphatic carboxylic acids is 1. The van der Waals surface area contributed by atoms with Crippen LogP contribution < -0.4 is 0 Å². The maximum absolute atomic E-state index is 10.8. The van der Waals surface area contributed by atoms with Crippen LogP contribution in [-0.2, 0) is 17.6 Å². The summed E-state index contributed by atoms with van der Waals surface area (Å²) < 4.78 is 5.59. The minimum atomic E-state index is -0.800. The molecule has 114 valence electrons. The van der Waals surface area contributed by atoms with E-state index in [0.717, 1.165) is 12.8 Å². The number of rotatable bonds is 10. The third-order valence-corrected chi connectivity index (χ3v) is 3.26. The van der Waals surface area contributed by atoms with E-state index >= 15 is 0 Å². The molecule has 0 aliphatic heterocycles. The lowest BCUT2D eigenvalue weighted by atomic mass is 9.86. The van der Waals surface area contributed by atoms with E-state index in [2.05, 4.69) is 17.1 Å². The lowest BCUT2D eigenvalue weighted by Gasteiger charge is -2.19. The smallest absolute Gasteiger partial charge is 0.303 e. The lowest BCUT2D eigenvalue weighted by Crippen LogP contribution is -2.19. The Bertz CT molecular complexity index is 413. The zero-order valence-electron chi connectivity index (χ0n) is 12.8. The number of carbonyl (C=O) groups is 1. The number of aromatic nitrogens is 2. The highest BCUT2D eigenvalue weighted by Crippen LogP contribution is 2.25. The van der Waals surface area contributed by atoms with Gasteiger partial charge < -0.3 is 9.52 Å². The molecule has 0 amide bonds. The monoisotopic (exact) mass is 282 g/mol. The van der Waals surface area contributed by atoms with Crippen molar-refractivity contribution in [2.75, 3.05) is 0 Å². The average Bonchev–Trinajstić information content (AvgIpc) is 2.73. The first-order valence-electron chi connectivity index (χ1n) is 7.46. The summed E-state index contributed by atoms with van der Waals surface area (Å²) in [4.78, 5) is 10.8. The topological polar surface area (TPSA) is 76.2 Å². The summed E-state index contributed by atoms with van der Waals surface area (Å²) in [5.74, 6) is 0.410. The number of hydrogen-bond acceptors (Lipinski definition) is 4. The number of hydrogen-bond donors (Lipinski definition) is 1. The van der Waals surface area contributed by atoms with Gasteiger partial charge >= 0.3 is 5.97 Å². The molecule has 0 atom stereocenters. The third kappa shape index (κ3) is 6.68. The first-order chi connectivity index (χ1) is 9.43. The van der Waals surface area contributed by atoms with Crippen molar-refractivity contribution < 1.29 is 14.3 Å². The summed E-state index contributed by atoms with van der Waals surface area (Å²) in [5, 5.41) is 16.9. The molecule has 20 heavy (non-hydrogen) atoms. The minimum absolute atomic E-state index is 0.0989. The van der Waals surface area contributed by atoms with Crippen molar-refractivity contribution in [2.24, 2.45) is 5.41 Å². The molecular weight excluding hydrogens is 256 g/mol. The maximum Gasteiger partial charge on any atom is 0.303 e. The van der Waals surface area contributed by atoms with Crippen molar-refractivity contribution in [1.82, 2.24) is 10.2 Å². The molecule has 0 fully saturated rings. The molecule has 0 saturated heterocycles. The molecule has 0 saturated carbocycles. The molecule has 0 radical (unpaired) electrons. The fourth-order valence-corrected chi connectivity index (χ4v) is 2.22. The van der Waals surface area contributed by atoms with Crippen molar-refractivity contribution in [3.63, 3.8) is 0 Å². The number of carboxylic acid groups (broad SMARTS) is 1. The first-order valence-corrected chi connectivity index (χ1v) is 7.46. The summed E-state index contributed by atoms with van der Waals surface area (Å²) in [6, 6.07) is 0. The lowest BCUT2D eigenvalue weighted by molar-refractivity contribution is -0.139. The highest BCUT2D eigenvalue weighted by atomic mass is 16.4. The van der Waals surface area contributed by atoms with Gasteiger partial charge in [-0.25, -0.2) is 0 Å². The van der Waals surface area contributed by atoms with Crippen LogP contribution in [0.5, 0.6) is 0 Å². The second-order valence-electron chi connectivity index (χ2n) is 6.17. The van der Waals surface area contributed by atoms with Crippen LogP contribution in [0.3, 0.4) is 0 Å². The Kier molecular flexibility index (Phi) is 6.68. The van der Waals surface area contributed by atoms with E-state index < -0.39 is 5.97 Å². The summed E-state index contributed by atoms with van der Waals surface area (Å²) in [6.07, 6.45) is 7.45. The van der Waals surface area contributed by atoms with Crippen molar-refractivity contribution >= 4 is 5.97 Å². The van der Waals surface area contributed by atoms with Crippen molar-refractivity contribution in [3.8, 4) is 0 Å². The Hall–Kier alpha value is -1.39. The van der Waals surface area contributed by atoms with E-state index in [-0.39, 0.29) is 11.8 Å². The average molecular weight is 282 g/mol. The third-order valence-electron chi connectivity index (χ3n) is 3.26. The highest BCUT2D eigenvalue weighted by molar-refractivity contribution is 5.67. The molecule has 1 aromatic rings. The van der Waals surface area contributed by atoms with Crippen molar-refractivity contribution in [3.05, 3.63) is 11.8 Å². The normalized spacial score (nSPS) is 11.8. The molecule has 0 aromatic carbocycles. The van der Waals surface area contributed by atoms with Gasteiger partial charge in [0, 0.05) is 12.8 Å². The van der Waals surface area contributed by atoms with Gasteiger partial charge in [0.25, 0.3) is 0 Å². The van der Waals surface area contributed by atoms with Gasteiger partial charge in [-0.05, 0) is 11.8 Å². The minimum Gasteiger partial charge on any atom is -0.481 e. The van der Waals surface area contributed by atoms with Crippen LogP contribution in [0.1, 0.15) is 71.1 Å². The fraction of sp³-hybridized carbons (Fsp3) is 0.800. The molecule has 0 unspecified atom stereocenters. The van der Waals surface area contributed by atoms with Crippen LogP contribution in [0.4, 0.5) is 0 Å². The van der Waals surface area contributed by atoms with Gasteiger partial charge in [0.15, 0.2) is 0 Å². The van der Waals surface area contributed by atoms with Gasteiger partial charge in [0.2, 0.25) is 11.8 Å². The van der Waals surface area contributed by atoms with Gasteiger partial charge in [-0.15, -0.1) is 10.2 Å². The van der Waals surface area contributed by atoms with Gasteiger partial charge in [-0.1, -0.05) is 46.5 Å². The number of unbranched alkanes of at least 4 members (excludes halogenated alkanes) is 4. The summed E-state index contributed by atoms with van der Waals surface area (Å²) >= 11 is 0. The second-order valence-corrected chi connectivity index (χ2v) is 6.17. The van der Waals surface area contributed by atoms with E-state index in [4.69, 9.17) is 9.52 Å². The highest BCUT2D eigenvalue weighted by Gasteiger charge is 2.25. The standard InChI is InChI=1S/C15H26N2O3/c1-4-5-6-7-8-9-12-16-17-13(20-12)10-15(2,3)11-14(18)19/h4-11H2,1-3H3,(H,18,19). The SMILES string of the molecule is CCCCCCCc1nnc(CC(C)(C)CC(=O)O)o1. The van der Waals surface area contributed by atoms with E-state index in [0.29, 0.717) is 18.2 Å². The molecule has 5 heteroatoms. The fourth-order valence-electron chi connectivity index (χ4n) is 2.22. The molecular formula is C15H26N2O3. The zero-order valence-corrected chi connectivity index (χ0v) is 12.8. The predicted molar refractivity (Wildman–Crippen MR) is 76.5 cm³/mol. The Morgan fingerprint density at radius 2 is 1.80 bits per heavy atom. The van der Waals surface area contributed by atoms with Gasteiger partial charge in [0.1, 0.15) is 0 Å². The molecule has 5 nitrogen and oxygen atoms in total. The first kappa shape index (κ1) is 16.7. The molecule has 1 N–H and O–H groups in total. The number of nitrogens with zero attached hydrogens (tertiary/aromatic N) is 2. The van der Waals surface area contributed by atoms with Crippen LogP contribution in [0.25, 0.3) is 0 Å². The second kappa shape index (κ2) is 8.02. The van der Waals surface area contributed by atoms with Crippen molar-refractivity contribution in [1.29, 1.82) is 0 Å². The van der Waals surface area contributed by atoms with Gasteiger partial charge in [0.05, 0.1) is 6.42 Å². The van der Waals surface area contributed by atoms with Gasteiger partial charge in [-0.2, -0.15) is 0 Å². The quantitative estimate of drug-likeness (QED) is 0.663. The maximum atomic E-state index is 10.8. The molecule has 1 rings (SSSR count). The summed E-state index contributed by atoms with van der Waals surface area (Å²) in [6.45, 7) is 5.99. The molecule has 1 heterocycles. The largest absolute Gasteiger partial charge is 0.481 e. The van der Waals surface area contributed by atoms with Gasteiger partial charge in [-0.3, -0.25) is 4.79 Å². The van der Waals surface area contributed by atoms with Crippen LogP contribution >= 0.6 is 0 Å². The van der Waals surface area contributed by atoms with E-state index in [1.54, 1.807) is 0 Å². The molecule has 0 aliphatic carbocycles. The Morgan fingerprint density at radius 1 is 1.15 bits per heavy atom. The van der Waals surface area contributed by atoms with E-state index in [9.17, 15) is 4.79 Å². The van der Waals surface area contributed by atoms with Crippen LogP contribution in [0.2, 0.25) is 0 Å². The molecule has 1 aromatic heterocycles. The number of carboxylic acids is 1. The Balaban J connectivity index is 2.37. The zero-order chi connectivity index (χ0) is 15.0. The predicted octanol–water partition coefficient (Wildman–Crippen LogP) is 3.63. The van der Waals surface area contributed by atoms with Crippen LogP contribution in [-0.4, -0.2) is 21.3 Å². The Morgan fingerprint density at radius 3 is 2.45 bits per heavy atom. The molecule has 0 spiro atoms. The molecule has 0 bridgehead atoms. The summed E-state index contributed by atoms with van der Waals surface area (Å²) in [5.41, 5.74) is -0.364. The van der Waals surface area contributed by atoms with Crippen LogP contribution in [0.15, 0.2) is 4.42 Å². The van der Waals surface area contributed by atoms with E-state index in [1.807, 2.05) is 13.8 Å². The molecule has 0 aliphatic rings. The van der Waals surface area contributed by atoms with E-state index in [1.165, 1.54) is 25.7 Å². The van der Waals surface area contributed by atoms with Crippen LogP contribution in [0, 0.1) is 5.41 Å². The Labute approximate surface area is 120 Å².